The van der Waals surface area contributed by atoms with Crippen molar-refractivity contribution in [2.75, 3.05) is 6.61 Å². The van der Waals surface area contributed by atoms with Crippen molar-refractivity contribution >= 4 is 11.6 Å². The molecular weight excluding hydrogens is 224 g/mol. The van der Waals surface area contributed by atoms with Crippen LogP contribution in [0.1, 0.15) is 38.4 Å². The Labute approximate surface area is 102 Å². The van der Waals surface area contributed by atoms with Gasteiger partial charge < -0.3 is 4.74 Å². The third-order valence-electron chi connectivity index (χ3n) is 2.01. The molecule has 0 aliphatic carbocycles. The summed E-state index contributed by atoms with van der Waals surface area (Å²) >= 11 is 5.89. The maximum absolute atomic E-state index is 5.89. The molecule has 0 radical (unpaired) electrons. The van der Waals surface area contributed by atoms with E-state index < -0.39 is 0 Å². The number of nitrogens with zero attached hydrogens (tertiary/aromatic N) is 2. The second-order valence-electron chi connectivity index (χ2n) is 3.82. The minimum absolute atomic E-state index is 0.245. The van der Waals surface area contributed by atoms with Crippen molar-refractivity contribution in [1.29, 1.82) is 0 Å². The standard InChI is InChI=1S/C12H17ClN2O/c1-4-5-6-7-16-11-8-10(13)14-12(15-11)9(2)3/h4,8-9H,1,5-7H2,2-3H3. The Hall–Kier alpha value is -1.09. The third-order valence-corrected chi connectivity index (χ3v) is 2.20. The molecule has 4 heteroatoms. The van der Waals surface area contributed by atoms with Crippen LogP contribution in [0.2, 0.25) is 5.15 Å². The highest BCUT2D eigenvalue weighted by atomic mass is 35.5. The number of hydrogen-bond donors (Lipinski definition) is 0. The smallest absolute Gasteiger partial charge is 0.218 e. The van der Waals surface area contributed by atoms with Crippen LogP contribution in [0, 0.1) is 0 Å². The lowest BCUT2D eigenvalue weighted by Crippen LogP contribution is -2.03. The van der Waals surface area contributed by atoms with Gasteiger partial charge in [-0.25, -0.2) is 4.98 Å². The van der Waals surface area contributed by atoms with E-state index in [1.54, 1.807) is 6.07 Å². The first-order chi connectivity index (χ1) is 7.63. The van der Waals surface area contributed by atoms with Gasteiger partial charge in [0.25, 0.3) is 0 Å². The Morgan fingerprint density at radius 1 is 1.50 bits per heavy atom. The molecule has 0 N–H and O–H groups in total. The lowest BCUT2D eigenvalue weighted by molar-refractivity contribution is 0.298. The molecule has 0 bridgehead atoms. The van der Waals surface area contributed by atoms with Gasteiger partial charge in [-0.2, -0.15) is 4.98 Å². The maximum Gasteiger partial charge on any atom is 0.218 e. The SMILES string of the molecule is C=CCCCOc1cc(Cl)nc(C(C)C)n1. The van der Waals surface area contributed by atoms with Gasteiger partial charge in [0, 0.05) is 12.0 Å². The van der Waals surface area contributed by atoms with E-state index in [9.17, 15) is 0 Å². The van der Waals surface area contributed by atoms with E-state index >= 15 is 0 Å². The van der Waals surface area contributed by atoms with Crippen LogP contribution in [0.25, 0.3) is 0 Å². The normalized spacial score (nSPS) is 10.5. The van der Waals surface area contributed by atoms with Gasteiger partial charge in [0.1, 0.15) is 11.0 Å². The topological polar surface area (TPSA) is 35.0 Å². The highest BCUT2D eigenvalue weighted by Crippen LogP contribution is 2.18. The lowest BCUT2D eigenvalue weighted by atomic mass is 10.2. The monoisotopic (exact) mass is 240 g/mol. The molecule has 0 saturated heterocycles. The third kappa shape index (κ3) is 4.19. The molecule has 0 saturated carbocycles. The molecule has 0 aliphatic heterocycles. The number of unbranched alkanes of at least 4 members (excludes halogenated alkanes) is 1. The average Bonchev–Trinajstić information content (AvgIpc) is 2.23. The molecule has 0 atom stereocenters. The summed E-state index contributed by atoms with van der Waals surface area (Å²) in [6.45, 7) is 8.32. The molecule has 0 unspecified atom stereocenters. The first kappa shape index (κ1) is 13.0. The van der Waals surface area contributed by atoms with Crippen LogP contribution in [0.3, 0.4) is 0 Å². The van der Waals surface area contributed by atoms with Crippen LogP contribution in [-0.4, -0.2) is 16.6 Å². The average molecular weight is 241 g/mol. The van der Waals surface area contributed by atoms with Gasteiger partial charge >= 0.3 is 0 Å². The van der Waals surface area contributed by atoms with E-state index in [0.717, 1.165) is 12.8 Å². The summed E-state index contributed by atoms with van der Waals surface area (Å²) in [7, 11) is 0. The first-order valence-corrected chi connectivity index (χ1v) is 5.79. The summed E-state index contributed by atoms with van der Waals surface area (Å²) in [6.07, 6.45) is 3.74. The van der Waals surface area contributed by atoms with Gasteiger partial charge in [-0.1, -0.05) is 31.5 Å². The number of halogens is 1. The van der Waals surface area contributed by atoms with E-state index in [-0.39, 0.29) is 5.92 Å². The van der Waals surface area contributed by atoms with Gasteiger partial charge in [-0.05, 0) is 12.8 Å². The van der Waals surface area contributed by atoms with E-state index in [0.29, 0.717) is 23.5 Å². The summed E-state index contributed by atoms with van der Waals surface area (Å²) in [5, 5.41) is 0.428. The van der Waals surface area contributed by atoms with Crippen LogP contribution in [0.5, 0.6) is 5.88 Å². The summed E-state index contributed by atoms with van der Waals surface area (Å²) in [6, 6.07) is 1.64. The van der Waals surface area contributed by atoms with Crippen LogP contribution >= 0.6 is 11.6 Å². The summed E-state index contributed by atoms with van der Waals surface area (Å²) in [5.41, 5.74) is 0. The molecule has 0 aliphatic rings. The largest absolute Gasteiger partial charge is 0.478 e. The van der Waals surface area contributed by atoms with Gasteiger partial charge in [-0.15, -0.1) is 6.58 Å². The summed E-state index contributed by atoms with van der Waals surface area (Å²) in [5.74, 6) is 1.51. The number of allylic oxidation sites excluding steroid dienone is 1. The predicted octanol–water partition coefficient (Wildman–Crippen LogP) is 3.60. The van der Waals surface area contributed by atoms with Gasteiger partial charge in [-0.3, -0.25) is 0 Å². The van der Waals surface area contributed by atoms with Crippen molar-refractivity contribution in [2.45, 2.75) is 32.6 Å². The summed E-state index contributed by atoms with van der Waals surface area (Å²) in [4.78, 5) is 8.42. The van der Waals surface area contributed by atoms with Crippen LogP contribution in [0.15, 0.2) is 18.7 Å². The first-order valence-electron chi connectivity index (χ1n) is 5.41. The zero-order chi connectivity index (χ0) is 12.0. The minimum atomic E-state index is 0.245. The van der Waals surface area contributed by atoms with Crippen LogP contribution < -0.4 is 4.74 Å². The second-order valence-corrected chi connectivity index (χ2v) is 4.21. The molecular formula is C12H17ClN2O. The van der Waals surface area contributed by atoms with E-state index in [2.05, 4.69) is 16.5 Å². The molecule has 1 aromatic heterocycles. The van der Waals surface area contributed by atoms with Gasteiger partial charge in [0.2, 0.25) is 5.88 Å². The minimum Gasteiger partial charge on any atom is -0.478 e. The Morgan fingerprint density at radius 2 is 2.25 bits per heavy atom. The molecule has 88 valence electrons. The van der Waals surface area contributed by atoms with Crippen LogP contribution in [0.4, 0.5) is 0 Å². The van der Waals surface area contributed by atoms with Crippen molar-refractivity contribution in [1.82, 2.24) is 9.97 Å². The Balaban J connectivity index is 2.61. The molecule has 0 aromatic carbocycles. The molecule has 1 aromatic rings. The van der Waals surface area contributed by atoms with Crippen molar-refractivity contribution in [3.8, 4) is 5.88 Å². The van der Waals surface area contributed by atoms with Crippen molar-refractivity contribution in [3.05, 3.63) is 29.7 Å². The Morgan fingerprint density at radius 3 is 2.88 bits per heavy atom. The number of ether oxygens (including phenoxy) is 1. The Kier molecular flexibility index (Phi) is 5.26. The predicted molar refractivity (Wildman–Crippen MR) is 66.1 cm³/mol. The fourth-order valence-corrected chi connectivity index (χ4v) is 1.33. The highest BCUT2D eigenvalue weighted by molar-refractivity contribution is 6.29. The lowest BCUT2D eigenvalue weighted by Gasteiger charge is -2.08. The fraction of sp³-hybridized carbons (Fsp3) is 0.500. The zero-order valence-electron chi connectivity index (χ0n) is 9.74. The molecule has 0 spiro atoms. The number of hydrogen-bond acceptors (Lipinski definition) is 3. The number of rotatable bonds is 6. The van der Waals surface area contributed by atoms with E-state index in [1.807, 2.05) is 19.9 Å². The van der Waals surface area contributed by atoms with Gasteiger partial charge in [0.05, 0.1) is 6.61 Å². The van der Waals surface area contributed by atoms with Gasteiger partial charge in [0.15, 0.2) is 0 Å². The van der Waals surface area contributed by atoms with E-state index in [4.69, 9.17) is 16.3 Å². The quantitative estimate of drug-likeness (QED) is 0.433. The summed E-state index contributed by atoms with van der Waals surface area (Å²) < 4.78 is 5.50. The maximum atomic E-state index is 5.89. The van der Waals surface area contributed by atoms with E-state index in [1.165, 1.54) is 0 Å². The van der Waals surface area contributed by atoms with Crippen molar-refractivity contribution in [3.63, 3.8) is 0 Å². The molecule has 1 rings (SSSR count). The fourth-order valence-electron chi connectivity index (χ4n) is 1.15. The molecule has 0 amide bonds. The van der Waals surface area contributed by atoms with Crippen LogP contribution in [-0.2, 0) is 0 Å². The molecule has 16 heavy (non-hydrogen) atoms. The molecule has 3 nitrogen and oxygen atoms in total. The van der Waals surface area contributed by atoms with Crippen molar-refractivity contribution in [2.24, 2.45) is 0 Å². The number of aromatic nitrogens is 2. The van der Waals surface area contributed by atoms with Crippen molar-refractivity contribution < 1.29 is 4.74 Å². The molecule has 0 fully saturated rings. The second kappa shape index (κ2) is 6.48. The zero-order valence-corrected chi connectivity index (χ0v) is 10.5. The Bertz CT molecular complexity index is 353. The molecule has 1 heterocycles. The highest BCUT2D eigenvalue weighted by Gasteiger charge is 2.07.